The van der Waals surface area contributed by atoms with E-state index in [2.05, 4.69) is 5.10 Å². The Morgan fingerprint density at radius 2 is 1.83 bits per heavy atom. The first-order valence-electron chi connectivity index (χ1n) is 6.88. The highest BCUT2D eigenvalue weighted by molar-refractivity contribution is 7.87. The van der Waals surface area contributed by atoms with Gasteiger partial charge >= 0.3 is 10.1 Å². The quantitative estimate of drug-likeness (QED) is 0.660. The van der Waals surface area contributed by atoms with E-state index in [1.807, 2.05) is 0 Å². The van der Waals surface area contributed by atoms with Crippen LogP contribution in [0.1, 0.15) is 5.69 Å². The molecule has 0 bridgehead atoms. The van der Waals surface area contributed by atoms with E-state index in [1.165, 1.54) is 10.7 Å². The molecule has 0 aliphatic heterocycles. The Kier molecular flexibility index (Phi) is 4.29. The molecule has 0 unspecified atom stereocenters. The minimum absolute atomic E-state index is 0.0130. The summed E-state index contributed by atoms with van der Waals surface area (Å²) in [6, 6.07) is 12.6. The van der Waals surface area contributed by atoms with Gasteiger partial charge in [-0.25, -0.2) is 4.39 Å². The highest BCUT2D eigenvalue weighted by atomic mass is 35.5. The average Bonchev–Trinajstić information content (AvgIpc) is 2.87. The number of rotatable bonds is 4. The SMILES string of the molecule is Cc1cc(OS(=O)(=O)c2ccc(F)cc2)n(-c2cccc(Cl)c2)n1. The van der Waals surface area contributed by atoms with E-state index in [9.17, 15) is 12.8 Å². The monoisotopic (exact) mass is 366 g/mol. The van der Waals surface area contributed by atoms with Crippen molar-refractivity contribution in [2.75, 3.05) is 0 Å². The molecule has 1 heterocycles. The Morgan fingerprint density at radius 3 is 2.50 bits per heavy atom. The van der Waals surface area contributed by atoms with Crippen LogP contribution >= 0.6 is 11.6 Å². The van der Waals surface area contributed by atoms with Gasteiger partial charge in [-0.15, -0.1) is 0 Å². The van der Waals surface area contributed by atoms with Crippen LogP contribution < -0.4 is 4.18 Å². The molecule has 8 heteroatoms. The van der Waals surface area contributed by atoms with Gasteiger partial charge in [-0.3, -0.25) is 0 Å². The largest absolute Gasteiger partial charge is 0.358 e. The second kappa shape index (κ2) is 6.26. The number of nitrogens with zero attached hydrogens (tertiary/aromatic N) is 2. The summed E-state index contributed by atoms with van der Waals surface area (Å²) in [5, 5.41) is 4.70. The highest BCUT2D eigenvalue weighted by Gasteiger charge is 2.20. The summed E-state index contributed by atoms with van der Waals surface area (Å²) in [6.45, 7) is 1.71. The molecule has 0 aliphatic carbocycles. The van der Waals surface area contributed by atoms with Crippen LogP contribution in [0.3, 0.4) is 0 Å². The molecule has 0 saturated heterocycles. The maximum Gasteiger partial charge on any atom is 0.340 e. The number of benzene rings is 2. The molecule has 0 spiro atoms. The molecule has 0 N–H and O–H groups in total. The molecule has 0 saturated carbocycles. The number of aromatic nitrogens is 2. The van der Waals surface area contributed by atoms with Crippen molar-refractivity contribution in [3.8, 4) is 11.6 Å². The number of aryl methyl sites for hydroxylation is 1. The summed E-state index contributed by atoms with van der Waals surface area (Å²) in [4.78, 5) is -0.152. The third-order valence-electron chi connectivity index (χ3n) is 3.15. The second-order valence-electron chi connectivity index (χ2n) is 5.01. The Hall–Kier alpha value is -2.38. The van der Waals surface area contributed by atoms with Gasteiger partial charge in [0.05, 0.1) is 11.4 Å². The molecule has 24 heavy (non-hydrogen) atoms. The fourth-order valence-electron chi connectivity index (χ4n) is 2.09. The summed E-state index contributed by atoms with van der Waals surface area (Å²) in [6.07, 6.45) is 0. The summed E-state index contributed by atoms with van der Waals surface area (Å²) < 4.78 is 44.2. The first-order valence-corrected chi connectivity index (χ1v) is 8.66. The van der Waals surface area contributed by atoms with Crippen molar-refractivity contribution in [3.63, 3.8) is 0 Å². The molecular formula is C16H12ClFN2O3S. The Labute approximate surface area is 143 Å². The summed E-state index contributed by atoms with van der Waals surface area (Å²) in [5.74, 6) is -0.521. The maximum absolute atomic E-state index is 13.0. The number of hydrogen-bond donors (Lipinski definition) is 0. The van der Waals surface area contributed by atoms with Gasteiger partial charge in [-0.2, -0.15) is 18.2 Å². The minimum Gasteiger partial charge on any atom is -0.358 e. The van der Waals surface area contributed by atoms with Gasteiger partial charge in [0.1, 0.15) is 10.7 Å². The van der Waals surface area contributed by atoms with Gasteiger partial charge in [-0.05, 0) is 49.4 Å². The van der Waals surface area contributed by atoms with Crippen LogP contribution in [0.25, 0.3) is 5.69 Å². The van der Waals surface area contributed by atoms with Crippen LogP contribution in [-0.2, 0) is 10.1 Å². The molecule has 0 radical (unpaired) electrons. The van der Waals surface area contributed by atoms with Gasteiger partial charge in [0.2, 0.25) is 5.88 Å². The van der Waals surface area contributed by atoms with Crippen LogP contribution in [0.15, 0.2) is 59.5 Å². The molecule has 0 fully saturated rings. The second-order valence-corrected chi connectivity index (χ2v) is 6.99. The van der Waals surface area contributed by atoms with Crippen molar-refractivity contribution >= 4 is 21.7 Å². The number of halogens is 2. The van der Waals surface area contributed by atoms with Gasteiger partial charge in [0.25, 0.3) is 0 Å². The Balaban J connectivity index is 2.00. The predicted molar refractivity (Wildman–Crippen MR) is 87.5 cm³/mol. The van der Waals surface area contributed by atoms with Crippen LogP contribution in [0.2, 0.25) is 5.02 Å². The van der Waals surface area contributed by atoms with Crippen molar-refractivity contribution in [2.24, 2.45) is 0 Å². The zero-order valence-corrected chi connectivity index (χ0v) is 14.1. The first-order chi connectivity index (χ1) is 11.3. The van der Waals surface area contributed by atoms with E-state index in [-0.39, 0.29) is 10.8 Å². The topological polar surface area (TPSA) is 61.2 Å². The van der Waals surface area contributed by atoms with Crippen molar-refractivity contribution < 1.29 is 17.0 Å². The van der Waals surface area contributed by atoms with Crippen LogP contribution in [0, 0.1) is 12.7 Å². The lowest BCUT2D eigenvalue weighted by Crippen LogP contribution is -2.12. The van der Waals surface area contributed by atoms with Crippen molar-refractivity contribution in [1.82, 2.24) is 9.78 Å². The van der Waals surface area contributed by atoms with Crippen LogP contribution in [0.5, 0.6) is 5.88 Å². The van der Waals surface area contributed by atoms with E-state index in [4.69, 9.17) is 15.8 Å². The predicted octanol–water partition coefficient (Wildman–Crippen LogP) is 3.74. The van der Waals surface area contributed by atoms with Gasteiger partial charge in [0.15, 0.2) is 0 Å². The molecule has 0 atom stereocenters. The molecule has 2 aromatic carbocycles. The van der Waals surface area contributed by atoms with E-state index >= 15 is 0 Å². The maximum atomic E-state index is 13.0. The van der Waals surface area contributed by atoms with Crippen molar-refractivity contribution in [3.05, 3.63) is 71.1 Å². The van der Waals surface area contributed by atoms with Gasteiger partial charge in [-0.1, -0.05) is 17.7 Å². The summed E-state index contributed by atoms with van der Waals surface area (Å²) >= 11 is 5.96. The summed E-state index contributed by atoms with van der Waals surface area (Å²) in [7, 11) is -4.12. The third-order valence-corrected chi connectivity index (χ3v) is 4.62. The smallest absolute Gasteiger partial charge is 0.340 e. The van der Waals surface area contributed by atoms with E-state index < -0.39 is 15.9 Å². The van der Waals surface area contributed by atoms with Crippen LogP contribution in [0.4, 0.5) is 4.39 Å². The van der Waals surface area contributed by atoms with E-state index in [0.717, 1.165) is 24.3 Å². The zero-order valence-electron chi connectivity index (χ0n) is 12.5. The lowest BCUT2D eigenvalue weighted by molar-refractivity contribution is 0.465. The molecule has 3 aromatic rings. The van der Waals surface area contributed by atoms with Gasteiger partial charge < -0.3 is 4.18 Å². The lowest BCUT2D eigenvalue weighted by atomic mass is 10.3. The molecule has 0 amide bonds. The molecule has 1 aromatic heterocycles. The van der Waals surface area contributed by atoms with E-state index in [0.29, 0.717) is 16.4 Å². The molecular weight excluding hydrogens is 355 g/mol. The van der Waals surface area contributed by atoms with Gasteiger partial charge in [0, 0.05) is 11.1 Å². The normalized spacial score (nSPS) is 11.5. The average molecular weight is 367 g/mol. The molecule has 3 rings (SSSR count). The Bertz CT molecular complexity index is 985. The standard InChI is InChI=1S/C16H12ClFN2O3S/c1-11-9-16(20(19-11)14-4-2-3-12(17)10-14)23-24(21,22)15-7-5-13(18)6-8-15/h2-10H,1H3. The molecule has 124 valence electrons. The zero-order chi connectivity index (χ0) is 17.3. The van der Waals surface area contributed by atoms with E-state index in [1.54, 1.807) is 31.2 Å². The highest BCUT2D eigenvalue weighted by Crippen LogP contribution is 2.25. The van der Waals surface area contributed by atoms with Crippen molar-refractivity contribution in [2.45, 2.75) is 11.8 Å². The third kappa shape index (κ3) is 3.42. The molecule has 0 aliphatic rings. The fraction of sp³-hybridized carbons (Fsp3) is 0.0625. The minimum atomic E-state index is -4.12. The summed E-state index contributed by atoms with van der Waals surface area (Å²) in [5.41, 5.74) is 1.12. The Morgan fingerprint density at radius 1 is 1.12 bits per heavy atom. The van der Waals surface area contributed by atoms with Crippen molar-refractivity contribution in [1.29, 1.82) is 0 Å². The molecule has 5 nitrogen and oxygen atoms in total. The first kappa shape index (κ1) is 16.5. The number of hydrogen-bond acceptors (Lipinski definition) is 4. The van der Waals surface area contributed by atoms with Crippen LogP contribution in [-0.4, -0.2) is 18.2 Å². The fourth-order valence-corrected chi connectivity index (χ4v) is 3.18. The lowest BCUT2D eigenvalue weighted by Gasteiger charge is -2.09.